The lowest BCUT2D eigenvalue weighted by atomic mass is 10.1. The Labute approximate surface area is 113 Å². The van der Waals surface area contributed by atoms with Crippen LogP contribution in [0.25, 0.3) is 0 Å². The second-order valence-corrected chi connectivity index (χ2v) is 3.93. The van der Waals surface area contributed by atoms with E-state index in [9.17, 15) is 14.9 Å². The number of Topliss-reactive ketones (excluding diaryl/α,β-unsaturated/α-hetero) is 1. The average molecular weight is 269 g/mol. The number of benzene rings is 1. The highest BCUT2D eigenvalue weighted by atomic mass is 16.6. The van der Waals surface area contributed by atoms with Gasteiger partial charge >= 0.3 is 5.69 Å². The van der Waals surface area contributed by atoms with Gasteiger partial charge in [-0.25, -0.2) is 0 Å². The summed E-state index contributed by atoms with van der Waals surface area (Å²) in [6, 6.07) is 7.28. The molecule has 0 aliphatic carbocycles. The normalized spacial score (nSPS) is 9.75. The fourth-order valence-electron chi connectivity index (χ4n) is 1.63. The topological polar surface area (TPSA) is 101 Å². The van der Waals surface area contributed by atoms with E-state index in [-0.39, 0.29) is 23.7 Å². The summed E-state index contributed by atoms with van der Waals surface area (Å²) in [6.07, 6.45) is 4.37. The van der Waals surface area contributed by atoms with E-state index < -0.39 is 4.92 Å². The summed E-state index contributed by atoms with van der Waals surface area (Å²) in [5, 5.41) is 19.4. The van der Waals surface area contributed by atoms with Crippen LogP contribution in [-0.2, 0) is 6.54 Å². The molecule has 0 saturated heterocycles. The molecule has 0 aliphatic rings. The monoisotopic (exact) mass is 269 g/mol. The number of hydrogen-bond acceptors (Lipinski definition) is 5. The first kappa shape index (κ1) is 13.3. The largest absolute Gasteiger partial charge is 0.302 e. The predicted octanol–water partition coefficient (Wildman–Crippen LogP) is 1.03. The number of nitrogens with zero attached hydrogens (tertiary/aromatic N) is 4. The highest BCUT2D eigenvalue weighted by Gasteiger charge is 2.17. The van der Waals surface area contributed by atoms with Gasteiger partial charge in [0.2, 0.25) is 12.3 Å². The van der Waals surface area contributed by atoms with Crippen molar-refractivity contribution in [3.05, 3.63) is 64.2 Å². The number of carbonyl (C=O) groups excluding carboxylic acids is 1. The van der Waals surface area contributed by atoms with Crippen LogP contribution in [-0.4, -0.2) is 15.7 Å². The van der Waals surface area contributed by atoms with Crippen molar-refractivity contribution in [1.82, 2.24) is 4.98 Å². The molecular formula is C13H9N4O3+. The van der Waals surface area contributed by atoms with Crippen LogP contribution in [0.5, 0.6) is 0 Å². The molecule has 0 saturated carbocycles. The number of aromatic nitrogens is 2. The van der Waals surface area contributed by atoms with Gasteiger partial charge in [0.15, 0.2) is 12.3 Å². The lowest BCUT2D eigenvalue weighted by molar-refractivity contribution is -0.686. The molecule has 0 N–H and O–H groups in total. The lowest BCUT2D eigenvalue weighted by Gasteiger charge is -1.99. The summed E-state index contributed by atoms with van der Waals surface area (Å²) in [4.78, 5) is 25.8. The van der Waals surface area contributed by atoms with Crippen molar-refractivity contribution in [3.8, 4) is 6.07 Å². The second-order valence-electron chi connectivity index (χ2n) is 3.93. The van der Waals surface area contributed by atoms with E-state index in [4.69, 9.17) is 5.26 Å². The van der Waals surface area contributed by atoms with E-state index in [1.165, 1.54) is 47.4 Å². The van der Waals surface area contributed by atoms with Gasteiger partial charge in [0.25, 0.3) is 5.69 Å². The number of carbonyl (C=O) groups is 1. The zero-order valence-electron chi connectivity index (χ0n) is 10.3. The van der Waals surface area contributed by atoms with Gasteiger partial charge in [0, 0.05) is 17.7 Å². The van der Waals surface area contributed by atoms with Crippen molar-refractivity contribution in [2.45, 2.75) is 6.54 Å². The number of non-ortho nitro benzene ring substituents is 1. The fourth-order valence-corrected chi connectivity index (χ4v) is 1.63. The quantitative estimate of drug-likeness (QED) is 0.357. The van der Waals surface area contributed by atoms with Crippen molar-refractivity contribution in [2.75, 3.05) is 0 Å². The summed E-state index contributed by atoms with van der Waals surface area (Å²) in [6.45, 7) is -0.0246. The SMILES string of the molecule is N#Cc1cncc[n+]1CC(=O)c1ccc([N+](=O)[O-])cc1. The van der Waals surface area contributed by atoms with Gasteiger partial charge in [0.05, 0.1) is 11.1 Å². The van der Waals surface area contributed by atoms with Crippen molar-refractivity contribution in [1.29, 1.82) is 5.26 Å². The number of nitriles is 1. The smallest absolute Gasteiger partial charge is 0.287 e. The molecule has 2 rings (SSSR count). The van der Waals surface area contributed by atoms with Gasteiger partial charge in [-0.1, -0.05) is 0 Å². The second kappa shape index (κ2) is 5.67. The Hall–Kier alpha value is -3.14. The van der Waals surface area contributed by atoms with Crippen LogP contribution in [0.3, 0.4) is 0 Å². The molecule has 98 valence electrons. The van der Waals surface area contributed by atoms with E-state index in [1.807, 2.05) is 6.07 Å². The number of ketones is 1. The van der Waals surface area contributed by atoms with Gasteiger partial charge in [-0.3, -0.25) is 19.9 Å². The van der Waals surface area contributed by atoms with Crippen LogP contribution >= 0.6 is 0 Å². The Morgan fingerprint density at radius 2 is 2.10 bits per heavy atom. The van der Waals surface area contributed by atoms with Crippen LogP contribution in [0.1, 0.15) is 16.1 Å². The average Bonchev–Trinajstić information content (AvgIpc) is 2.48. The first-order chi connectivity index (χ1) is 9.61. The predicted molar refractivity (Wildman–Crippen MR) is 66.6 cm³/mol. The van der Waals surface area contributed by atoms with Gasteiger partial charge < -0.3 is 0 Å². The van der Waals surface area contributed by atoms with E-state index in [0.29, 0.717) is 5.56 Å². The summed E-state index contributed by atoms with van der Waals surface area (Å²) < 4.78 is 1.47. The number of nitro groups is 1. The van der Waals surface area contributed by atoms with Crippen LogP contribution in [0.15, 0.2) is 42.9 Å². The molecule has 0 atom stereocenters. The minimum atomic E-state index is -0.528. The molecule has 0 radical (unpaired) electrons. The maximum atomic E-state index is 12.0. The molecule has 20 heavy (non-hydrogen) atoms. The van der Waals surface area contributed by atoms with E-state index in [2.05, 4.69) is 4.98 Å². The summed E-state index contributed by atoms with van der Waals surface area (Å²) in [7, 11) is 0. The maximum absolute atomic E-state index is 12.0. The van der Waals surface area contributed by atoms with Gasteiger partial charge in [-0.15, -0.1) is 0 Å². The highest BCUT2D eigenvalue weighted by Crippen LogP contribution is 2.12. The zero-order valence-corrected chi connectivity index (χ0v) is 10.3. The lowest BCUT2D eigenvalue weighted by Crippen LogP contribution is -2.40. The molecule has 0 unspecified atom stereocenters. The van der Waals surface area contributed by atoms with Crippen molar-refractivity contribution in [3.63, 3.8) is 0 Å². The number of nitro benzene ring substituents is 1. The van der Waals surface area contributed by atoms with Crippen molar-refractivity contribution >= 4 is 11.5 Å². The third-order valence-electron chi connectivity index (χ3n) is 2.67. The van der Waals surface area contributed by atoms with Crippen molar-refractivity contribution < 1.29 is 14.3 Å². The summed E-state index contributed by atoms with van der Waals surface area (Å²) in [5.74, 6) is -0.243. The molecule has 0 aliphatic heterocycles. The highest BCUT2D eigenvalue weighted by molar-refractivity contribution is 5.95. The number of rotatable bonds is 4. The number of hydrogen-bond donors (Lipinski definition) is 0. The Morgan fingerprint density at radius 1 is 1.40 bits per heavy atom. The molecule has 0 bridgehead atoms. The standard InChI is InChI=1S/C13H9N4O3/c14-7-12-8-15-5-6-16(12)9-13(18)10-1-3-11(4-2-10)17(19)20/h1-6,8H,9H2/q+1. The third-order valence-corrected chi connectivity index (χ3v) is 2.67. The summed E-state index contributed by atoms with van der Waals surface area (Å²) in [5.41, 5.74) is 0.544. The fraction of sp³-hybridized carbons (Fsp3) is 0.0769. The Kier molecular flexibility index (Phi) is 3.77. The van der Waals surface area contributed by atoms with E-state index in [1.54, 1.807) is 0 Å². The molecule has 0 amide bonds. The third kappa shape index (κ3) is 2.81. The van der Waals surface area contributed by atoms with Crippen LogP contribution in [0, 0.1) is 21.4 Å². The molecular weight excluding hydrogens is 260 g/mol. The van der Waals surface area contributed by atoms with E-state index in [0.717, 1.165) is 0 Å². The van der Waals surface area contributed by atoms with Crippen LogP contribution < -0.4 is 4.57 Å². The molecule has 1 aromatic heterocycles. The Morgan fingerprint density at radius 3 is 2.70 bits per heavy atom. The van der Waals surface area contributed by atoms with Crippen LogP contribution in [0.2, 0.25) is 0 Å². The van der Waals surface area contributed by atoms with Crippen LogP contribution in [0.4, 0.5) is 5.69 Å². The molecule has 7 nitrogen and oxygen atoms in total. The molecule has 1 heterocycles. The molecule has 2 aromatic rings. The molecule has 0 fully saturated rings. The van der Waals surface area contributed by atoms with Gasteiger partial charge in [-0.2, -0.15) is 9.83 Å². The molecule has 0 spiro atoms. The minimum absolute atomic E-state index is 0.0246. The minimum Gasteiger partial charge on any atom is -0.287 e. The summed E-state index contributed by atoms with van der Waals surface area (Å²) >= 11 is 0. The molecule has 7 heteroatoms. The first-order valence-electron chi connectivity index (χ1n) is 5.63. The Balaban J connectivity index is 2.20. The first-order valence-corrected chi connectivity index (χ1v) is 5.63. The molecule has 1 aromatic carbocycles. The Bertz CT molecular complexity index is 704. The van der Waals surface area contributed by atoms with Gasteiger partial charge in [0.1, 0.15) is 6.20 Å². The van der Waals surface area contributed by atoms with E-state index >= 15 is 0 Å². The van der Waals surface area contributed by atoms with Gasteiger partial charge in [-0.05, 0) is 12.1 Å². The van der Waals surface area contributed by atoms with Crippen molar-refractivity contribution in [2.24, 2.45) is 0 Å². The zero-order chi connectivity index (χ0) is 14.5. The maximum Gasteiger partial charge on any atom is 0.302 e.